The first-order valence-corrected chi connectivity index (χ1v) is 12.6. The molecule has 2 aromatic carbocycles. The molecule has 2 N–H and O–H groups in total. The number of thioether (sulfide) groups is 1. The number of carboxylic acid groups (broad SMARTS) is 1. The van der Waals surface area contributed by atoms with Crippen LogP contribution in [0.1, 0.15) is 49.4 Å². The molecule has 2 aromatic rings. The van der Waals surface area contributed by atoms with Gasteiger partial charge in [0.1, 0.15) is 17.0 Å². The molecule has 9 nitrogen and oxygen atoms in total. The maximum Gasteiger partial charge on any atom is 0.325 e. The number of carbonyl (C=O) groups excluding carboxylic acids is 2. The number of aryl methyl sites for hydroxylation is 1. The molecule has 0 aliphatic carbocycles. The van der Waals surface area contributed by atoms with Gasteiger partial charge < -0.3 is 15.2 Å². The second kappa shape index (κ2) is 10.9. The van der Waals surface area contributed by atoms with Gasteiger partial charge in [0.2, 0.25) is 5.91 Å². The number of rotatable bonds is 8. The number of aliphatic imine (C=N–C) groups is 1. The number of methoxy groups -OCH3 is 1. The Morgan fingerprint density at radius 2 is 1.89 bits per heavy atom. The van der Waals surface area contributed by atoms with E-state index in [1.54, 1.807) is 12.1 Å². The third-order valence-electron chi connectivity index (χ3n) is 6.15. The SMILES string of the molecule is CCc1ccc(C2CC(c3ccc(OC)cc3)=NN2C2=NC(=O)C(CC(=O)NC(C)C(=O)O)S2)cc1. The van der Waals surface area contributed by atoms with Crippen molar-refractivity contribution >= 4 is 40.4 Å². The van der Waals surface area contributed by atoms with Crippen LogP contribution in [-0.2, 0) is 20.8 Å². The molecule has 2 aliphatic heterocycles. The molecule has 0 saturated carbocycles. The van der Waals surface area contributed by atoms with E-state index in [0.29, 0.717) is 11.6 Å². The van der Waals surface area contributed by atoms with Gasteiger partial charge in [0.25, 0.3) is 5.91 Å². The van der Waals surface area contributed by atoms with Crippen molar-refractivity contribution in [2.75, 3.05) is 7.11 Å². The Morgan fingerprint density at radius 1 is 1.19 bits per heavy atom. The summed E-state index contributed by atoms with van der Waals surface area (Å²) in [4.78, 5) is 40.2. The fraction of sp³-hybridized carbons (Fsp3) is 0.346. The zero-order chi connectivity index (χ0) is 25.8. The predicted octanol–water partition coefficient (Wildman–Crippen LogP) is 3.39. The average molecular weight is 509 g/mol. The van der Waals surface area contributed by atoms with E-state index in [1.165, 1.54) is 24.2 Å². The normalized spacial score (nSPS) is 20.1. The van der Waals surface area contributed by atoms with Crippen molar-refractivity contribution in [3.05, 3.63) is 65.2 Å². The topological polar surface area (TPSA) is 121 Å². The molecule has 36 heavy (non-hydrogen) atoms. The van der Waals surface area contributed by atoms with E-state index in [4.69, 9.17) is 14.9 Å². The van der Waals surface area contributed by atoms with Crippen molar-refractivity contribution in [3.8, 4) is 5.75 Å². The van der Waals surface area contributed by atoms with E-state index in [9.17, 15) is 14.4 Å². The Labute approximate surface area is 213 Å². The highest BCUT2D eigenvalue weighted by atomic mass is 32.2. The number of aliphatic carboxylic acids is 1. The van der Waals surface area contributed by atoms with Crippen molar-refractivity contribution in [2.24, 2.45) is 10.1 Å². The third kappa shape index (κ3) is 5.59. The molecule has 0 radical (unpaired) electrons. The lowest BCUT2D eigenvalue weighted by Crippen LogP contribution is -2.39. The summed E-state index contributed by atoms with van der Waals surface area (Å²) in [5.74, 6) is -1.33. The molecule has 0 aromatic heterocycles. The maximum absolute atomic E-state index is 12.7. The van der Waals surface area contributed by atoms with Crippen LogP contribution in [0.3, 0.4) is 0 Å². The summed E-state index contributed by atoms with van der Waals surface area (Å²) in [7, 11) is 1.62. The van der Waals surface area contributed by atoms with Gasteiger partial charge in [-0.05, 0) is 54.3 Å². The molecular weight excluding hydrogens is 480 g/mol. The van der Waals surface area contributed by atoms with Crippen molar-refractivity contribution in [2.45, 2.75) is 50.4 Å². The van der Waals surface area contributed by atoms with Crippen LogP contribution in [0.15, 0.2) is 58.6 Å². The highest BCUT2D eigenvalue weighted by Crippen LogP contribution is 2.38. The van der Waals surface area contributed by atoms with Crippen molar-refractivity contribution < 1.29 is 24.2 Å². The Morgan fingerprint density at radius 3 is 2.50 bits per heavy atom. The van der Waals surface area contributed by atoms with Crippen LogP contribution in [0.5, 0.6) is 5.75 Å². The van der Waals surface area contributed by atoms with Crippen molar-refractivity contribution in [1.82, 2.24) is 10.3 Å². The highest BCUT2D eigenvalue weighted by molar-refractivity contribution is 8.15. The molecule has 2 amide bonds. The monoisotopic (exact) mass is 508 g/mol. The molecule has 4 rings (SSSR count). The highest BCUT2D eigenvalue weighted by Gasteiger charge is 2.39. The molecule has 0 saturated heterocycles. The van der Waals surface area contributed by atoms with Crippen LogP contribution in [0.4, 0.5) is 0 Å². The Kier molecular flexibility index (Phi) is 7.73. The Bertz CT molecular complexity index is 1210. The van der Waals surface area contributed by atoms with Gasteiger partial charge in [-0.2, -0.15) is 10.1 Å². The molecule has 10 heteroatoms. The largest absolute Gasteiger partial charge is 0.497 e. The lowest BCUT2D eigenvalue weighted by Gasteiger charge is -2.23. The van der Waals surface area contributed by atoms with E-state index in [0.717, 1.165) is 29.0 Å². The standard InChI is InChI=1S/C26H28N4O5S/c1-4-16-5-7-18(8-6-16)21-13-20(17-9-11-19(35-3)12-10-17)29-30(21)26-28-24(32)22(36-26)14-23(31)27-15(2)25(33)34/h5-12,15,21-22H,4,13-14H2,1-3H3,(H,27,31)(H,33,34). The molecule has 0 bridgehead atoms. The van der Waals surface area contributed by atoms with Gasteiger partial charge in [-0.3, -0.25) is 14.4 Å². The summed E-state index contributed by atoms with van der Waals surface area (Å²) in [6, 6.07) is 14.8. The van der Waals surface area contributed by atoms with Gasteiger partial charge in [-0.1, -0.05) is 43.0 Å². The van der Waals surface area contributed by atoms with Gasteiger partial charge in [0.05, 0.1) is 18.9 Å². The summed E-state index contributed by atoms with van der Waals surface area (Å²) in [6.07, 6.45) is 1.39. The van der Waals surface area contributed by atoms with E-state index in [1.807, 2.05) is 24.3 Å². The maximum atomic E-state index is 12.7. The summed E-state index contributed by atoms with van der Waals surface area (Å²) in [5, 5.41) is 17.7. The minimum atomic E-state index is -1.14. The van der Waals surface area contributed by atoms with E-state index in [2.05, 4.69) is 41.5 Å². The number of hydrogen-bond donors (Lipinski definition) is 2. The lowest BCUT2D eigenvalue weighted by molar-refractivity contribution is -0.141. The fourth-order valence-electron chi connectivity index (χ4n) is 4.01. The number of amidine groups is 1. The quantitative estimate of drug-likeness (QED) is 0.561. The minimum absolute atomic E-state index is 0.160. The number of hydrogen-bond acceptors (Lipinski definition) is 7. The number of ether oxygens (including phenoxy) is 1. The van der Waals surface area contributed by atoms with E-state index < -0.39 is 29.1 Å². The first-order chi connectivity index (χ1) is 17.3. The predicted molar refractivity (Wildman–Crippen MR) is 138 cm³/mol. The zero-order valence-electron chi connectivity index (χ0n) is 20.3. The summed E-state index contributed by atoms with van der Waals surface area (Å²) >= 11 is 1.18. The van der Waals surface area contributed by atoms with Gasteiger partial charge in [-0.25, -0.2) is 5.01 Å². The van der Waals surface area contributed by atoms with E-state index >= 15 is 0 Å². The average Bonchev–Trinajstić information content (AvgIpc) is 3.48. The van der Waals surface area contributed by atoms with Gasteiger partial charge >= 0.3 is 5.97 Å². The fourth-order valence-corrected chi connectivity index (χ4v) is 5.08. The van der Waals surface area contributed by atoms with Gasteiger partial charge in [0.15, 0.2) is 5.17 Å². The van der Waals surface area contributed by atoms with Crippen LogP contribution < -0.4 is 10.1 Å². The molecule has 2 heterocycles. The molecule has 0 fully saturated rings. The number of carbonyl (C=O) groups is 3. The Hall–Kier alpha value is -3.66. The minimum Gasteiger partial charge on any atom is -0.497 e. The number of carboxylic acids is 1. The first kappa shape index (κ1) is 25.4. The number of hydrazone groups is 1. The van der Waals surface area contributed by atoms with Crippen LogP contribution in [-0.4, -0.2) is 57.2 Å². The van der Waals surface area contributed by atoms with Crippen LogP contribution >= 0.6 is 11.8 Å². The molecule has 2 aliphatic rings. The number of amides is 2. The Balaban J connectivity index is 1.56. The lowest BCUT2D eigenvalue weighted by atomic mass is 9.97. The van der Waals surface area contributed by atoms with Crippen LogP contribution in [0.2, 0.25) is 0 Å². The van der Waals surface area contributed by atoms with Gasteiger partial charge in [-0.15, -0.1) is 0 Å². The van der Waals surface area contributed by atoms with Gasteiger partial charge in [0, 0.05) is 12.8 Å². The molecule has 0 spiro atoms. The molecule has 3 atom stereocenters. The number of benzene rings is 2. The molecular formula is C26H28N4O5S. The molecule has 3 unspecified atom stereocenters. The van der Waals surface area contributed by atoms with Crippen molar-refractivity contribution in [1.29, 1.82) is 0 Å². The van der Waals surface area contributed by atoms with Crippen LogP contribution in [0, 0.1) is 0 Å². The third-order valence-corrected chi connectivity index (χ3v) is 7.29. The second-order valence-corrected chi connectivity index (χ2v) is 9.78. The second-order valence-electron chi connectivity index (χ2n) is 8.61. The smallest absolute Gasteiger partial charge is 0.325 e. The van der Waals surface area contributed by atoms with Crippen LogP contribution in [0.25, 0.3) is 0 Å². The first-order valence-electron chi connectivity index (χ1n) is 11.7. The van der Waals surface area contributed by atoms with Crippen molar-refractivity contribution in [3.63, 3.8) is 0 Å². The molecule has 188 valence electrons. The number of nitrogens with one attached hydrogen (secondary N) is 1. The summed E-state index contributed by atoms with van der Waals surface area (Å²) in [6.45, 7) is 3.48. The zero-order valence-corrected chi connectivity index (χ0v) is 21.1. The summed E-state index contributed by atoms with van der Waals surface area (Å²) in [5.41, 5.74) is 4.08. The van der Waals surface area contributed by atoms with E-state index in [-0.39, 0.29) is 12.5 Å². The number of nitrogens with zero attached hydrogens (tertiary/aromatic N) is 3. The summed E-state index contributed by atoms with van der Waals surface area (Å²) < 4.78 is 5.26.